The van der Waals surface area contributed by atoms with E-state index in [0.29, 0.717) is 11.0 Å². The third-order valence-corrected chi connectivity index (χ3v) is 9.42. The molecule has 42 heavy (non-hydrogen) atoms. The molecule has 8 nitrogen and oxygen atoms in total. The Morgan fingerprint density at radius 3 is 2.33 bits per heavy atom. The van der Waals surface area contributed by atoms with Gasteiger partial charge in [0.1, 0.15) is 0 Å². The van der Waals surface area contributed by atoms with Gasteiger partial charge in [0.05, 0.1) is 18.5 Å². The van der Waals surface area contributed by atoms with E-state index in [1.807, 2.05) is 40.6 Å². The smallest absolute Gasteiger partial charge is 0.230 e. The summed E-state index contributed by atoms with van der Waals surface area (Å²) in [7, 11) is 0. The first-order valence-corrected chi connectivity index (χ1v) is 16.6. The number of aromatic nitrogens is 1. The molecular formula is C33H46N6O2S. The van der Waals surface area contributed by atoms with Gasteiger partial charge in [-0.25, -0.2) is 4.98 Å². The summed E-state index contributed by atoms with van der Waals surface area (Å²) in [5, 5.41) is 18.3. The highest BCUT2D eigenvalue weighted by molar-refractivity contribution is 7.13. The van der Waals surface area contributed by atoms with Crippen molar-refractivity contribution in [2.45, 2.75) is 51.4 Å². The number of rotatable bonds is 14. The van der Waals surface area contributed by atoms with Gasteiger partial charge in [-0.05, 0) is 106 Å². The van der Waals surface area contributed by atoms with Crippen LogP contribution in [0.4, 0.5) is 5.13 Å². The topological polar surface area (TPSA) is 98.4 Å². The molecule has 2 aromatic carbocycles. The van der Waals surface area contributed by atoms with Crippen molar-refractivity contribution in [1.29, 1.82) is 0 Å². The molecule has 3 heterocycles. The number of unbranched alkanes of at least 4 members (excludes halogenated alkanes) is 1. The van der Waals surface area contributed by atoms with Gasteiger partial charge in [-0.2, -0.15) is 0 Å². The minimum Gasteiger partial charge on any atom is -0.342 e. The van der Waals surface area contributed by atoms with E-state index in [9.17, 15) is 9.59 Å². The van der Waals surface area contributed by atoms with Crippen LogP contribution < -0.4 is 21.3 Å². The lowest BCUT2D eigenvalue weighted by molar-refractivity contribution is -0.131. The molecule has 1 aromatic heterocycles. The van der Waals surface area contributed by atoms with E-state index in [1.165, 1.54) is 56.7 Å². The predicted molar refractivity (Wildman–Crippen MR) is 172 cm³/mol. The normalized spacial score (nSPS) is 16.6. The number of carbonyl (C=O) groups excluding carboxylic acids is 2. The molecule has 0 atom stereocenters. The second-order valence-corrected chi connectivity index (χ2v) is 12.7. The fourth-order valence-electron chi connectivity index (χ4n) is 6.08. The van der Waals surface area contributed by atoms with Crippen molar-refractivity contribution in [2.24, 2.45) is 11.8 Å². The SMILES string of the molecule is O=C(Cc1cccc2ccccc12)Nc1nc(CC(=O)N2CCC(CNCCCCNCC3CCNCC3)CC2)cs1. The molecule has 2 aliphatic rings. The summed E-state index contributed by atoms with van der Waals surface area (Å²) in [5.41, 5.74) is 1.71. The second-order valence-electron chi connectivity index (χ2n) is 11.8. The number of fused-ring (bicyclic) bond motifs is 1. The molecule has 0 radical (unpaired) electrons. The van der Waals surface area contributed by atoms with Crippen molar-refractivity contribution in [1.82, 2.24) is 25.8 Å². The Kier molecular flexibility index (Phi) is 11.7. The monoisotopic (exact) mass is 590 g/mol. The zero-order chi connectivity index (χ0) is 29.0. The summed E-state index contributed by atoms with van der Waals surface area (Å²) < 4.78 is 0. The molecule has 226 valence electrons. The summed E-state index contributed by atoms with van der Waals surface area (Å²) in [6.07, 6.45) is 7.69. The van der Waals surface area contributed by atoms with Crippen LogP contribution in [-0.2, 0) is 22.4 Å². The van der Waals surface area contributed by atoms with E-state index in [0.717, 1.165) is 73.5 Å². The van der Waals surface area contributed by atoms with Crippen LogP contribution in [0.3, 0.4) is 0 Å². The number of benzene rings is 2. The second kappa shape index (κ2) is 16.1. The Balaban J connectivity index is 0.937. The number of likely N-dealkylation sites (tertiary alicyclic amines) is 1. The van der Waals surface area contributed by atoms with Crippen molar-refractivity contribution in [3.05, 3.63) is 59.1 Å². The van der Waals surface area contributed by atoms with Gasteiger partial charge >= 0.3 is 0 Å². The summed E-state index contributed by atoms with van der Waals surface area (Å²) in [5.74, 6) is 1.51. The molecule has 0 spiro atoms. The highest BCUT2D eigenvalue weighted by Gasteiger charge is 2.23. The lowest BCUT2D eigenvalue weighted by atomic mass is 9.96. The fraction of sp³-hybridized carbons (Fsp3) is 0.545. The maximum Gasteiger partial charge on any atom is 0.230 e. The lowest BCUT2D eigenvalue weighted by Gasteiger charge is -2.32. The van der Waals surface area contributed by atoms with Crippen LogP contribution in [0.25, 0.3) is 10.8 Å². The average Bonchev–Trinajstić information content (AvgIpc) is 3.45. The summed E-state index contributed by atoms with van der Waals surface area (Å²) in [6, 6.07) is 14.1. The van der Waals surface area contributed by atoms with E-state index in [-0.39, 0.29) is 24.7 Å². The molecule has 0 bridgehead atoms. The average molecular weight is 591 g/mol. The van der Waals surface area contributed by atoms with Gasteiger partial charge < -0.3 is 26.2 Å². The van der Waals surface area contributed by atoms with Crippen molar-refractivity contribution in [2.75, 3.05) is 57.7 Å². The molecule has 0 saturated carbocycles. The van der Waals surface area contributed by atoms with Crippen molar-refractivity contribution in [3.8, 4) is 0 Å². The zero-order valence-corrected chi connectivity index (χ0v) is 25.5. The third kappa shape index (κ3) is 9.33. The number of nitrogens with zero attached hydrogens (tertiary/aromatic N) is 2. The minimum atomic E-state index is -0.0986. The van der Waals surface area contributed by atoms with Gasteiger partial charge in [-0.15, -0.1) is 11.3 Å². The largest absolute Gasteiger partial charge is 0.342 e. The van der Waals surface area contributed by atoms with E-state index >= 15 is 0 Å². The maximum absolute atomic E-state index is 12.9. The number of thiazole rings is 1. The zero-order valence-electron chi connectivity index (χ0n) is 24.7. The van der Waals surface area contributed by atoms with Crippen molar-refractivity contribution in [3.63, 3.8) is 0 Å². The van der Waals surface area contributed by atoms with Crippen LogP contribution in [0.1, 0.15) is 49.8 Å². The molecule has 5 rings (SSSR count). The number of hydrogen-bond acceptors (Lipinski definition) is 7. The van der Waals surface area contributed by atoms with Crippen LogP contribution in [0.15, 0.2) is 47.8 Å². The lowest BCUT2D eigenvalue weighted by Crippen LogP contribution is -2.41. The predicted octanol–water partition coefficient (Wildman–Crippen LogP) is 4.22. The quantitative estimate of drug-likeness (QED) is 0.210. The molecule has 2 amide bonds. The van der Waals surface area contributed by atoms with E-state index < -0.39 is 0 Å². The number of nitrogens with one attached hydrogen (secondary N) is 4. The molecular weight excluding hydrogens is 544 g/mol. The molecule has 0 aliphatic carbocycles. The van der Waals surface area contributed by atoms with Crippen LogP contribution in [0, 0.1) is 11.8 Å². The number of piperidine rings is 2. The van der Waals surface area contributed by atoms with Crippen LogP contribution in [0.2, 0.25) is 0 Å². The maximum atomic E-state index is 12.9. The molecule has 0 unspecified atom stereocenters. The Hall–Kier alpha value is -2.85. The molecule has 4 N–H and O–H groups in total. The Bertz CT molecular complexity index is 1280. The van der Waals surface area contributed by atoms with Gasteiger partial charge in [0.2, 0.25) is 11.8 Å². The molecule has 9 heteroatoms. The summed E-state index contributed by atoms with van der Waals surface area (Å²) in [6.45, 7) is 8.35. The van der Waals surface area contributed by atoms with Crippen LogP contribution in [0.5, 0.6) is 0 Å². The van der Waals surface area contributed by atoms with E-state index in [4.69, 9.17) is 0 Å². The van der Waals surface area contributed by atoms with Gasteiger partial charge in [-0.3, -0.25) is 9.59 Å². The highest BCUT2D eigenvalue weighted by atomic mass is 32.1. The number of carbonyl (C=O) groups is 2. The summed E-state index contributed by atoms with van der Waals surface area (Å²) in [4.78, 5) is 32.2. The Morgan fingerprint density at radius 2 is 1.57 bits per heavy atom. The number of hydrogen-bond donors (Lipinski definition) is 4. The van der Waals surface area contributed by atoms with E-state index in [1.54, 1.807) is 0 Å². The van der Waals surface area contributed by atoms with Gasteiger partial charge in [0.15, 0.2) is 5.13 Å². The highest BCUT2D eigenvalue weighted by Crippen LogP contribution is 2.22. The molecule has 2 aliphatic heterocycles. The van der Waals surface area contributed by atoms with Crippen molar-refractivity contribution < 1.29 is 9.59 Å². The Morgan fingerprint density at radius 1 is 0.881 bits per heavy atom. The standard InChI is InChI=1S/C33H46N6O2S/c40-31(20-28-8-5-7-27-6-1-2-9-30(27)28)38-33-37-29(24-42-33)21-32(41)39-18-12-26(13-19-39)23-36-15-4-3-14-35-22-25-10-16-34-17-11-25/h1-2,5-9,24-26,34-36H,3-4,10-23H2,(H,37,38,40). The number of amides is 2. The van der Waals surface area contributed by atoms with E-state index in [2.05, 4.69) is 38.4 Å². The first-order chi connectivity index (χ1) is 20.6. The van der Waals surface area contributed by atoms with Gasteiger partial charge in [0, 0.05) is 18.5 Å². The van der Waals surface area contributed by atoms with Gasteiger partial charge in [0.25, 0.3) is 0 Å². The number of anilines is 1. The molecule has 2 fully saturated rings. The minimum absolute atomic E-state index is 0.0986. The fourth-order valence-corrected chi connectivity index (χ4v) is 6.81. The molecule has 3 aromatic rings. The van der Waals surface area contributed by atoms with Crippen molar-refractivity contribution >= 4 is 39.1 Å². The first kappa shape index (κ1) is 30.6. The van der Waals surface area contributed by atoms with Crippen LogP contribution >= 0.6 is 11.3 Å². The van der Waals surface area contributed by atoms with Gasteiger partial charge in [-0.1, -0.05) is 42.5 Å². The van der Waals surface area contributed by atoms with Crippen LogP contribution in [-0.4, -0.2) is 74.1 Å². The Labute approximate surface area is 254 Å². The third-order valence-electron chi connectivity index (χ3n) is 8.61. The first-order valence-electron chi connectivity index (χ1n) is 15.7. The molecule has 2 saturated heterocycles. The summed E-state index contributed by atoms with van der Waals surface area (Å²) >= 11 is 1.38.